The predicted octanol–water partition coefficient (Wildman–Crippen LogP) is 10.4. The number of fused-ring (bicyclic) bond motifs is 5. The molecule has 8 aliphatic carbocycles. The molecule has 2 aromatic heterocycles. The summed E-state index contributed by atoms with van der Waals surface area (Å²) in [5.74, 6) is 5.73. The van der Waals surface area contributed by atoms with Gasteiger partial charge in [-0.1, -0.05) is 0 Å². The molecule has 8 aliphatic rings. The zero-order valence-corrected chi connectivity index (χ0v) is 22.8. The topological polar surface area (TPSA) is 26.3 Å². The third kappa shape index (κ3) is 2.67. The fraction of sp³-hybridized carbons (Fsp3) is 0.625. The molecule has 0 atom stereocenters. The Hall–Kier alpha value is -1.36. The Morgan fingerprint density at radius 1 is 0.500 bits per heavy atom. The monoisotopic (exact) mass is 512 g/mol. The number of hydrogen-bond donors (Lipinski definition) is 0. The van der Waals surface area contributed by atoms with Gasteiger partial charge in [-0.15, -0.1) is 0 Å². The van der Waals surface area contributed by atoms with E-state index in [0.29, 0.717) is 10.8 Å². The molecule has 0 saturated heterocycles. The van der Waals surface area contributed by atoms with E-state index < -0.39 is 0 Å². The fourth-order valence-corrected chi connectivity index (χ4v) is 13.9. The van der Waals surface area contributed by atoms with Gasteiger partial charge in [-0.3, -0.25) is 0 Å². The van der Waals surface area contributed by atoms with Crippen LogP contribution in [0, 0.1) is 35.5 Å². The summed E-state index contributed by atoms with van der Waals surface area (Å²) < 4.78 is 13.9. The van der Waals surface area contributed by atoms with E-state index in [2.05, 4.69) is 24.3 Å². The summed E-state index contributed by atoms with van der Waals surface area (Å²) in [5, 5.41) is 5.32. The zero-order valence-electron chi connectivity index (χ0n) is 21.0. The third-order valence-electron chi connectivity index (χ3n) is 11.9. The third-order valence-corrected chi connectivity index (χ3v) is 14.6. The zero-order chi connectivity index (χ0) is 23.2. The molecule has 0 spiro atoms. The second-order valence-corrected chi connectivity index (χ2v) is 16.6. The fourth-order valence-electron chi connectivity index (χ4n) is 11.4. The summed E-state index contributed by atoms with van der Waals surface area (Å²) in [5.41, 5.74) is 5.78. The lowest BCUT2D eigenvalue weighted by Gasteiger charge is -2.55. The highest BCUT2D eigenvalue weighted by Crippen LogP contribution is 2.64. The lowest BCUT2D eigenvalue weighted by molar-refractivity contribution is -0.0123. The van der Waals surface area contributed by atoms with Gasteiger partial charge < -0.3 is 8.83 Å². The van der Waals surface area contributed by atoms with Gasteiger partial charge in [0.2, 0.25) is 0 Å². The van der Waals surface area contributed by atoms with Crippen LogP contribution in [0.4, 0.5) is 0 Å². The van der Waals surface area contributed by atoms with E-state index in [-0.39, 0.29) is 0 Å². The molecule has 8 saturated carbocycles. The van der Waals surface area contributed by atoms with Crippen molar-refractivity contribution in [2.45, 2.75) is 87.9 Å². The second kappa shape index (κ2) is 6.79. The first kappa shape index (κ1) is 20.6. The van der Waals surface area contributed by atoms with E-state index in [0.717, 1.165) is 46.7 Å². The molecule has 0 amide bonds. The van der Waals surface area contributed by atoms with E-state index in [4.69, 9.17) is 8.83 Å². The van der Waals surface area contributed by atoms with Crippen molar-refractivity contribution in [2.75, 3.05) is 0 Å². The second-order valence-electron chi connectivity index (χ2n) is 14.4. The number of rotatable bonds is 2. The molecule has 4 heteroatoms. The van der Waals surface area contributed by atoms with Crippen molar-refractivity contribution in [3.8, 4) is 0 Å². The predicted molar refractivity (Wildman–Crippen MR) is 148 cm³/mol. The van der Waals surface area contributed by atoms with Crippen LogP contribution in [-0.4, -0.2) is 0 Å². The van der Waals surface area contributed by atoms with Crippen molar-refractivity contribution < 1.29 is 8.83 Å². The summed E-state index contributed by atoms with van der Waals surface area (Å²) in [6.07, 6.45) is 17.2. The Morgan fingerprint density at radius 3 is 1.17 bits per heavy atom. The molecule has 0 N–H and O–H groups in total. The normalized spacial score (nSPS) is 42.9. The van der Waals surface area contributed by atoms with Crippen LogP contribution in [0.3, 0.4) is 0 Å². The first-order valence-corrected chi connectivity index (χ1v) is 16.5. The number of benzene rings is 2. The molecular weight excluding hydrogens is 478 g/mol. The largest absolute Gasteiger partial charge is 0.455 e. The maximum atomic E-state index is 6.93. The highest BCUT2D eigenvalue weighted by Gasteiger charge is 2.54. The van der Waals surface area contributed by atoms with Crippen LogP contribution in [0.5, 0.6) is 0 Å². The van der Waals surface area contributed by atoms with Gasteiger partial charge in [0.25, 0.3) is 0 Å². The summed E-state index contributed by atoms with van der Waals surface area (Å²) in [7, 11) is 2.69. The molecule has 2 heterocycles. The first-order chi connectivity index (χ1) is 17.6. The van der Waals surface area contributed by atoms with Gasteiger partial charge >= 0.3 is 0 Å². The van der Waals surface area contributed by atoms with E-state index in [1.807, 2.05) is 0 Å². The number of hydrogen-bond acceptors (Lipinski definition) is 2. The maximum absolute atomic E-state index is 6.93. The molecule has 36 heavy (non-hydrogen) atoms. The van der Waals surface area contributed by atoms with Gasteiger partial charge in [-0.05, 0) is 153 Å². The van der Waals surface area contributed by atoms with Crippen molar-refractivity contribution in [1.82, 2.24) is 0 Å². The standard InChI is InChI=1S/C32H34O2P2/c1-3-25-28(34-30(35-25)32-14-20-8-21(15-32)10-22(9-20)16-32)24-2-4-26-27(23(1)24)33-29(36-26)31-11-17-5-18(12-31)7-19(6-17)13-31/h1-4,17-22H,5-16H2. The van der Waals surface area contributed by atoms with E-state index in [1.54, 1.807) is 0 Å². The van der Waals surface area contributed by atoms with Crippen molar-refractivity contribution in [3.05, 3.63) is 35.2 Å². The van der Waals surface area contributed by atoms with Gasteiger partial charge in [0.1, 0.15) is 22.2 Å². The first-order valence-electron chi connectivity index (χ1n) is 14.8. The maximum Gasteiger partial charge on any atom is 0.147 e. The lowest BCUT2D eigenvalue weighted by atomic mass is 9.50. The minimum absolute atomic E-state index is 0.354. The minimum atomic E-state index is 0.354. The van der Waals surface area contributed by atoms with Crippen molar-refractivity contribution in [1.29, 1.82) is 0 Å². The molecule has 12 rings (SSSR count). The average molecular weight is 513 g/mol. The molecule has 8 fully saturated rings. The Morgan fingerprint density at radius 2 is 0.833 bits per heavy atom. The van der Waals surface area contributed by atoms with Crippen LogP contribution >= 0.6 is 16.4 Å². The van der Waals surface area contributed by atoms with E-state index in [1.165, 1.54) is 125 Å². The van der Waals surface area contributed by atoms with Gasteiger partial charge in [0.05, 0.1) is 0 Å². The van der Waals surface area contributed by atoms with Crippen LogP contribution in [-0.2, 0) is 10.8 Å². The Labute approximate surface area is 215 Å². The molecule has 2 nitrogen and oxygen atoms in total. The van der Waals surface area contributed by atoms with Crippen LogP contribution < -0.4 is 0 Å². The highest BCUT2D eigenvalue weighted by atomic mass is 31.0. The SMILES string of the molecule is c1cc2c(ccc3pc(C45CC6CC(CC(C6)C4)C5)oc32)c2oc(C34CC5CC(CC(C5)C3)C4)pc12. The summed E-state index contributed by atoms with van der Waals surface area (Å²) in [4.78, 5) is 0. The van der Waals surface area contributed by atoms with Gasteiger partial charge in [-0.25, -0.2) is 0 Å². The van der Waals surface area contributed by atoms with Crippen LogP contribution in [0.25, 0.3) is 32.2 Å². The quantitative estimate of drug-likeness (QED) is 0.267. The van der Waals surface area contributed by atoms with E-state index in [9.17, 15) is 0 Å². The molecule has 0 aliphatic heterocycles. The summed E-state index contributed by atoms with van der Waals surface area (Å²) >= 11 is 0. The van der Waals surface area contributed by atoms with Gasteiger partial charge in [0, 0.05) is 31.8 Å². The molecule has 8 bridgehead atoms. The van der Waals surface area contributed by atoms with Crippen molar-refractivity contribution in [3.63, 3.8) is 0 Å². The molecule has 0 unspecified atom stereocenters. The molecule has 2 aromatic carbocycles. The molecule has 4 aromatic rings. The molecule has 0 radical (unpaired) electrons. The van der Waals surface area contributed by atoms with Crippen LogP contribution in [0.1, 0.15) is 88.0 Å². The highest BCUT2D eigenvalue weighted by molar-refractivity contribution is 7.38. The van der Waals surface area contributed by atoms with Gasteiger partial charge in [-0.2, -0.15) is 0 Å². The van der Waals surface area contributed by atoms with Crippen molar-refractivity contribution >= 4 is 48.6 Å². The van der Waals surface area contributed by atoms with E-state index >= 15 is 0 Å². The molecule has 184 valence electrons. The average Bonchev–Trinajstić information content (AvgIpc) is 3.48. The summed E-state index contributed by atoms with van der Waals surface area (Å²) in [6.45, 7) is 0. The van der Waals surface area contributed by atoms with Crippen molar-refractivity contribution in [2.24, 2.45) is 35.5 Å². The van der Waals surface area contributed by atoms with Gasteiger partial charge in [0.15, 0.2) is 0 Å². The Kier molecular flexibility index (Phi) is 3.88. The Balaban J connectivity index is 1.11. The molecular formula is C32H34O2P2. The smallest absolute Gasteiger partial charge is 0.147 e. The Bertz CT molecular complexity index is 1390. The van der Waals surface area contributed by atoms with Crippen LogP contribution in [0.15, 0.2) is 33.1 Å². The lowest BCUT2D eigenvalue weighted by Crippen LogP contribution is -2.48. The summed E-state index contributed by atoms with van der Waals surface area (Å²) in [6, 6.07) is 9.42. The minimum Gasteiger partial charge on any atom is -0.455 e. The van der Waals surface area contributed by atoms with Crippen LogP contribution in [0.2, 0.25) is 0 Å².